The number of hydrogen-bond acceptors (Lipinski definition) is 5. The molecule has 6 heteroatoms. The Labute approximate surface area is 131 Å². The number of aryl methyl sites for hydroxylation is 1. The van der Waals surface area contributed by atoms with Gasteiger partial charge in [-0.05, 0) is 30.7 Å². The number of amides is 1. The average Bonchev–Trinajstić information content (AvgIpc) is 2.99. The lowest BCUT2D eigenvalue weighted by atomic mass is 10.1. The van der Waals surface area contributed by atoms with Gasteiger partial charge in [-0.2, -0.15) is 0 Å². The lowest BCUT2D eigenvalue weighted by molar-refractivity contribution is 0.102. The van der Waals surface area contributed by atoms with Gasteiger partial charge in [0.25, 0.3) is 5.91 Å². The number of benzene rings is 1. The van der Waals surface area contributed by atoms with Crippen molar-refractivity contribution in [2.75, 3.05) is 5.32 Å². The predicted octanol–water partition coefficient (Wildman–Crippen LogP) is 3.47. The monoisotopic (exact) mass is 311 g/mol. The highest BCUT2D eigenvalue weighted by molar-refractivity contribution is 7.19. The van der Waals surface area contributed by atoms with Crippen LogP contribution in [-0.4, -0.2) is 21.0 Å². The first-order valence-electron chi connectivity index (χ1n) is 6.62. The summed E-state index contributed by atoms with van der Waals surface area (Å²) >= 11 is 1.33. The molecule has 3 rings (SSSR count). The first-order valence-corrected chi connectivity index (χ1v) is 7.44. The van der Waals surface area contributed by atoms with Gasteiger partial charge in [0.15, 0.2) is 5.13 Å². The van der Waals surface area contributed by atoms with Crippen LogP contribution < -0.4 is 5.32 Å². The zero-order valence-electron chi connectivity index (χ0n) is 11.8. The van der Waals surface area contributed by atoms with Gasteiger partial charge < -0.3 is 5.11 Å². The summed E-state index contributed by atoms with van der Waals surface area (Å²) in [6.45, 7) is 1.74. The smallest absolute Gasteiger partial charge is 0.261 e. The van der Waals surface area contributed by atoms with Crippen LogP contribution in [0.4, 0.5) is 5.13 Å². The molecule has 0 aliphatic rings. The summed E-state index contributed by atoms with van der Waals surface area (Å²) in [5.41, 5.74) is 1.69. The Morgan fingerprint density at radius 3 is 2.82 bits per heavy atom. The second kappa shape index (κ2) is 5.95. The second-order valence-electron chi connectivity index (χ2n) is 4.67. The molecule has 0 bridgehead atoms. The summed E-state index contributed by atoms with van der Waals surface area (Å²) in [5.74, 6) is -0.398. The molecule has 0 fully saturated rings. The van der Waals surface area contributed by atoms with Crippen molar-refractivity contribution >= 4 is 22.4 Å². The maximum atomic E-state index is 12.2. The highest BCUT2D eigenvalue weighted by atomic mass is 32.1. The summed E-state index contributed by atoms with van der Waals surface area (Å²) in [4.78, 5) is 21.5. The number of nitrogens with one attached hydrogen (secondary N) is 1. The second-order valence-corrected chi connectivity index (χ2v) is 5.70. The number of carbonyl (C=O) groups is 1. The van der Waals surface area contributed by atoms with Crippen molar-refractivity contribution in [1.82, 2.24) is 9.97 Å². The Morgan fingerprint density at radius 1 is 1.18 bits per heavy atom. The zero-order valence-corrected chi connectivity index (χ0v) is 12.6. The van der Waals surface area contributed by atoms with Gasteiger partial charge in [0.05, 0.1) is 16.1 Å². The number of para-hydroxylation sites is 1. The molecule has 2 aromatic heterocycles. The molecule has 5 nitrogen and oxygen atoms in total. The molecule has 3 aromatic rings. The molecular formula is C16H13N3O2S. The van der Waals surface area contributed by atoms with E-state index in [9.17, 15) is 9.90 Å². The fourth-order valence-electron chi connectivity index (χ4n) is 1.97. The number of pyridine rings is 1. The molecule has 22 heavy (non-hydrogen) atoms. The number of rotatable bonds is 3. The van der Waals surface area contributed by atoms with E-state index in [1.165, 1.54) is 11.3 Å². The SMILES string of the molecule is Cc1cccc(C(=O)Nc2ncc(-c3ccccn3)s2)c1O. The van der Waals surface area contributed by atoms with Crippen molar-refractivity contribution in [3.8, 4) is 16.3 Å². The van der Waals surface area contributed by atoms with Crippen LogP contribution in [0.15, 0.2) is 48.8 Å². The van der Waals surface area contributed by atoms with Gasteiger partial charge in [0.2, 0.25) is 0 Å². The largest absolute Gasteiger partial charge is 0.507 e. The summed E-state index contributed by atoms with van der Waals surface area (Å²) in [5, 5.41) is 13.1. The van der Waals surface area contributed by atoms with Crippen LogP contribution in [0, 0.1) is 6.92 Å². The van der Waals surface area contributed by atoms with Gasteiger partial charge in [0.1, 0.15) is 5.75 Å². The number of anilines is 1. The van der Waals surface area contributed by atoms with Crippen LogP contribution in [0.3, 0.4) is 0 Å². The molecule has 1 aromatic carbocycles. The van der Waals surface area contributed by atoms with Crippen molar-refractivity contribution in [3.63, 3.8) is 0 Å². The molecule has 0 saturated heterocycles. The van der Waals surface area contributed by atoms with E-state index in [0.717, 1.165) is 10.6 Å². The van der Waals surface area contributed by atoms with E-state index < -0.39 is 0 Å². The predicted molar refractivity (Wildman–Crippen MR) is 86.1 cm³/mol. The van der Waals surface area contributed by atoms with Crippen LogP contribution in [0.5, 0.6) is 5.75 Å². The Kier molecular flexibility index (Phi) is 3.84. The van der Waals surface area contributed by atoms with Crippen LogP contribution in [0.2, 0.25) is 0 Å². The highest BCUT2D eigenvalue weighted by Crippen LogP contribution is 2.28. The number of thiazole rings is 1. The first kappa shape index (κ1) is 14.2. The van der Waals surface area contributed by atoms with E-state index in [1.807, 2.05) is 18.2 Å². The van der Waals surface area contributed by atoms with Gasteiger partial charge in [-0.3, -0.25) is 15.1 Å². The summed E-state index contributed by atoms with van der Waals surface area (Å²) in [6.07, 6.45) is 3.37. The molecule has 0 aliphatic carbocycles. The standard InChI is InChI=1S/C16H13N3O2S/c1-10-5-4-6-11(14(10)20)15(21)19-16-18-9-13(22-16)12-7-2-3-8-17-12/h2-9,20H,1H3,(H,18,19,21). The first-order chi connectivity index (χ1) is 10.6. The molecule has 0 unspecified atom stereocenters. The summed E-state index contributed by atoms with van der Waals surface area (Å²) in [7, 11) is 0. The fraction of sp³-hybridized carbons (Fsp3) is 0.0625. The Hall–Kier alpha value is -2.73. The zero-order chi connectivity index (χ0) is 15.5. The average molecular weight is 311 g/mol. The lowest BCUT2D eigenvalue weighted by Gasteiger charge is -2.06. The van der Waals surface area contributed by atoms with E-state index in [2.05, 4.69) is 15.3 Å². The Morgan fingerprint density at radius 2 is 2.05 bits per heavy atom. The van der Waals surface area contributed by atoms with Crippen molar-refractivity contribution in [3.05, 3.63) is 59.9 Å². The maximum absolute atomic E-state index is 12.2. The van der Waals surface area contributed by atoms with E-state index in [4.69, 9.17) is 0 Å². The van der Waals surface area contributed by atoms with E-state index >= 15 is 0 Å². The normalized spacial score (nSPS) is 10.4. The fourth-order valence-corrected chi connectivity index (χ4v) is 2.75. The van der Waals surface area contributed by atoms with Gasteiger partial charge in [-0.15, -0.1) is 0 Å². The minimum atomic E-state index is -0.386. The van der Waals surface area contributed by atoms with Crippen LogP contribution in [0.1, 0.15) is 15.9 Å². The third-order valence-electron chi connectivity index (χ3n) is 3.13. The molecule has 0 atom stereocenters. The number of aromatic hydroxyl groups is 1. The van der Waals surface area contributed by atoms with Gasteiger partial charge >= 0.3 is 0 Å². The minimum absolute atomic E-state index is 0.0125. The van der Waals surface area contributed by atoms with Crippen molar-refractivity contribution in [2.24, 2.45) is 0 Å². The number of aromatic nitrogens is 2. The molecule has 0 radical (unpaired) electrons. The number of phenolic OH excluding ortho intramolecular Hbond substituents is 1. The van der Waals surface area contributed by atoms with E-state index in [0.29, 0.717) is 10.7 Å². The number of carbonyl (C=O) groups excluding carboxylic acids is 1. The van der Waals surface area contributed by atoms with Gasteiger partial charge in [0, 0.05) is 12.4 Å². The van der Waals surface area contributed by atoms with Crippen molar-refractivity contribution in [1.29, 1.82) is 0 Å². The summed E-state index contributed by atoms with van der Waals surface area (Å²) in [6, 6.07) is 10.7. The number of nitrogens with zero attached hydrogens (tertiary/aromatic N) is 2. The molecule has 1 amide bonds. The maximum Gasteiger partial charge on any atom is 0.261 e. The molecule has 2 heterocycles. The van der Waals surface area contributed by atoms with E-state index in [1.54, 1.807) is 37.5 Å². The Bertz CT molecular complexity index is 815. The lowest BCUT2D eigenvalue weighted by Crippen LogP contribution is -2.12. The molecule has 110 valence electrons. The summed E-state index contributed by atoms with van der Waals surface area (Å²) < 4.78 is 0. The number of hydrogen-bond donors (Lipinski definition) is 2. The molecule has 2 N–H and O–H groups in total. The molecule has 0 aliphatic heterocycles. The van der Waals surface area contributed by atoms with Crippen molar-refractivity contribution in [2.45, 2.75) is 6.92 Å². The van der Waals surface area contributed by atoms with Crippen LogP contribution in [-0.2, 0) is 0 Å². The minimum Gasteiger partial charge on any atom is -0.507 e. The number of phenols is 1. The molecule has 0 saturated carbocycles. The van der Waals surface area contributed by atoms with Crippen molar-refractivity contribution < 1.29 is 9.90 Å². The Balaban J connectivity index is 1.81. The molecular weight excluding hydrogens is 298 g/mol. The highest BCUT2D eigenvalue weighted by Gasteiger charge is 2.14. The van der Waals surface area contributed by atoms with Crippen LogP contribution >= 0.6 is 11.3 Å². The third kappa shape index (κ3) is 2.82. The van der Waals surface area contributed by atoms with Gasteiger partial charge in [-0.1, -0.05) is 29.5 Å². The topological polar surface area (TPSA) is 75.1 Å². The third-order valence-corrected chi connectivity index (χ3v) is 4.06. The van der Waals surface area contributed by atoms with Crippen LogP contribution in [0.25, 0.3) is 10.6 Å². The van der Waals surface area contributed by atoms with Gasteiger partial charge in [-0.25, -0.2) is 4.98 Å². The quantitative estimate of drug-likeness (QED) is 0.776. The van der Waals surface area contributed by atoms with E-state index in [-0.39, 0.29) is 17.2 Å². The molecule has 0 spiro atoms.